The van der Waals surface area contributed by atoms with Crippen molar-refractivity contribution in [2.24, 2.45) is 5.41 Å². The van der Waals surface area contributed by atoms with Crippen LogP contribution in [0.5, 0.6) is 11.5 Å². The van der Waals surface area contributed by atoms with Gasteiger partial charge in [-0.05, 0) is 66.3 Å². The van der Waals surface area contributed by atoms with E-state index in [4.69, 9.17) is 36.1 Å². The molecule has 0 atom stereocenters. The van der Waals surface area contributed by atoms with E-state index in [2.05, 4.69) is 27.5 Å². The van der Waals surface area contributed by atoms with Crippen molar-refractivity contribution in [2.45, 2.75) is 19.8 Å². The number of imidazole rings is 1. The Morgan fingerprint density at radius 2 is 1.75 bits per heavy atom. The Balaban J connectivity index is 1.07. The molecule has 6 rings (SSSR count). The summed E-state index contributed by atoms with van der Waals surface area (Å²) in [5, 5.41) is 7.04. The normalized spacial score (nSPS) is 19.8. The number of rotatable bonds is 7. The SMILES string of the molecule is CC1(CNC(=S)NCc2ccc3c(c2)OCO3)COC(c2nc(-c3ccc(F)cc3)c(-c3ccncc3)[nH]2)OC1. The van der Waals surface area contributed by atoms with Crippen LogP contribution in [0.25, 0.3) is 22.5 Å². The van der Waals surface area contributed by atoms with Gasteiger partial charge in [-0.2, -0.15) is 0 Å². The number of nitrogens with one attached hydrogen (secondary N) is 3. The van der Waals surface area contributed by atoms with Crippen LogP contribution in [0, 0.1) is 11.2 Å². The lowest BCUT2D eigenvalue weighted by molar-refractivity contribution is -0.231. The van der Waals surface area contributed by atoms with Gasteiger partial charge in [0.25, 0.3) is 0 Å². The van der Waals surface area contributed by atoms with Crippen molar-refractivity contribution < 1.29 is 23.3 Å². The van der Waals surface area contributed by atoms with E-state index in [0.717, 1.165) is 33.9 Å². The zero-order valence-electron chi connectivity index (χ0n) is 21.8. The summed E-state index contributed by atoms with van der Waals surface area (Å²) in [6.45, 7) is 4.32. The van der Waals surface area contributed by atoms with Gasteiger partial charge < -0.3 is 34.6 Å². The van der Waals surface area contributed by atoms with E-state index in [1.807, 2.05) is 30.3 Å². The summed E-state index contributed by atoms with van der Waals surface area (Å²) < 4.78 is 36.6. The Hall–Kier alpha value is -4.06. The zero-order valence-corrected chi connectivity index (χ0v) is 22.6. The van der Waals surface area contributed by atoms with E-state index < -0.39 is 6.29 Å². The monoisotopic (exact) mass is 561 g/mol. The fraction of sp³-hybridized carbons (Fsp3) is 0.276. The van der Waals surface area contributed by atoms with Crippen molar-refractivity contribution in [2.75, 3.05) is 26.6 Å². The van der Waals surface area contributed by atoms with E-state index in [0.29, 0.717) is 42.9 Å². The summed E-state index contributed by atoms with van der Waals surface area (Å²) in [4.78, 5) is 12.3. The number of aromatic nitrogens is 3. The van der Waals surface area contributed by atoms with Crippen LogP contribution in [-0.4, -0.2) is 46.6 Å². The highest BCUT2D eigenvalue weighted by atomic mass is 32.1. The van der Waals surface area contributed by atoms with E-state index in [-0.39, 0.29) is 18.0 Å². The molecular weight excluding hydrogens is 533 g/mol. The molecule has 0 aliphatic carbocycles. The molecule has 2 aliphatic rings. The molecular formula is C29H28FN5O4S. The maximum Gasteiger partial charge on any atom is 0.231 e. The maximum absolute atomic E-state index is 13.6. The van der Waals surface area contributed by atoms with E-state index in [1.165, 1.54) is 12.1 Å². The molecule has 11 heteroatoms. The highest BCUT2D eigenvalue weighted by Gasteiger charge is 2.35. The number of nitrogens with zero attached hydrogens (tertiary/aromatic N) is 2. The van der Waals surface area contributed by atoms with Gasteiger partial charge in [-0.1, -0.05) is 13.0 Å². The van der Waals surface area contributed by atoms with Gasteiger partial charge in [-0.25, -0.2) is 9.37 Å². The molecule has 9 nitrogen and oxygen atoms in total. The Kier molecular flexibility index (Phi) is 7.33. The minimum atomic E-state index is -0.668. The van der Waals surface area contributed by atoms with Crippen LogP contribution in [0.2, 0.25) is 0 Å². The van der Waals surface area contributed by atoms with Crippen LogP contribution in [0.15, 0.2) is 67.0 Å². The molecule has 0 radical (unpaired) electrons. The van der Waals surface area contributed by atoms with Crippen LogP contribution >= 0.6 is 12.2 Å². The number of thiocarbonyl (C=S) groups is 1. The highest BCUT2D eigenvalue weighted by Crippen LogP contribution is 2.36. The number of halogens is 1. The second-order valence-corrected chi connectivity index (χ2v) is 10.5. The van der Waals surface area contributed by atoms with Gasteiger partial charge in [0.05, 0.1) is 24.6 Å². The molecule has 40 heavy (non-hydrogen) atoms. The van der Waals surface area contributed by atoms with Gasteiger partial charge in [0.2, 0.25) is 13.1 Å². The second kappa shape index (κ2) is 11.2. The Labute approximate surface area is 236 Å². The lowest BCUT2D eigenvalue weighted by atomic mass is 9.92. The molecule has 0 bridgehead atoms. The van der Waals surface area contributed by atoms with E-state index in [9.17, 15) is 4.39 Å². The molecule has 1 saturated heterocycles. The minimum absolute atomic E-state index is 0.247. The molecule has 0 unspecified atom stereocenters. The van der Waals surface area contributed by atoms with E-state index >= 15 is 0 Å². The Morgan fingerprint density at radius 3 is 2.52 bits per heavy atom. The summed E-state index contributed by atoms with van der Waals surface area (Å²) in [7, 11) is 0. The summed E-state index contributed by atoms with van der Waals surface area (Å²) in [6, 6.07) is 15.8. The number of H-pyrrole nitrogens is 1. The third-order valence-electron chi connectivity index (χ3n) is 6.76. The molecule has 4 aromatic rings. The van der Waals surface area contributed by atoms with Gasteiger partial charge in [0.1, 0.15) is 5.82 Å². The van der Waals surface area contributed by atoms with Gasteiger partial charge in [-0.3, -0.25) is 4.98 Å². The summed E-state index contributed by atoms with van der Waals surface area (Å²) in [6.07, 6.45) is 2.76. The molecule has 2 aliphatic heterocycles. The molecule has 0 amide bonds. The molecule has 1 fully saturated rings. The van der Waals surface area contributed by atoms with Crippen molar-refractivity contribution >= 4 is 17.3 Å². The Bertz CT molecular complexity index is 1490. The van der Waals surface area contributed by atoms with Crippen LogP contribution in [0.4, 0.5) is 4.39 Å². The quantitative estimate of drug-likeness (QED) is 0.277. The van der Waals surface area contributed by atoms with Gasteiger partial charge >= 0.3 is 0 Å². The van der Waals surface area contributed by atoms with Crippen LogP contribution in [0.3, 0.4) is 0 Å². The number of hydrogen-bond donors (Lipinski definition) is 3. The summed E-state index contributed by atoms with van der Waals surface area (Å²) in [5.74, 6) is 1.73. The van der Waals surface area contributed by atoms with Crippen molar-refractivity contribution in [3.05, 3.63) is 84.2 Å². The molecule has 0 spiro atoms. The lowest BCUT2D eigenvalue weighted by Gasteiger charge is -2.37. The average Bonchev–Trinajstić information content (AvgIpc) is 3.64. The van der Waals surface area contributed by atoms with Crippen molar-refractivity contribution in [3.8, 4) is 34.0 Å². The fourth-order valence-electron chi connectivity index (χ4n) is 4.54. The zero-order chi connectivity index (χ0) is 27.5. The largest absolute Gasteiger partial charge is 0.454 e. The smallest absolute Gasteiger partial charge is 0.231 e. The number of fused-ring (bicyclic) bond motifs is 1. The molecule has 2 aromatic heterocycles. The topological polar surface area (TPSA) is 103 Å². The molecule has 0 saturated carbocycles. The number of pyridine rings is 1. The van der Waals surface area contributed by atoms with Crippen molar-refractivity contribution in [3.63, 3.8) is 0 Å². The molecule has 3 N–H and O–H groups in total. The summed E-state index contributed by atoms with van der Waals surface area (Å²) >= 11 is 5.49. The standard InChI is InChI=1S/C29H28FN5O4S/c1-29(14-33-28(40)32-13-18-2-7-22-23(12-18)39-17-38-22)15-36-27(37-16-29)26-34-24(19-3-5-21(30)6-4-19)25(35-26)20-8-10-31-11-9-20/h2-12,27H,13-17H2,1H3,(H,34,35)(H2,32,33,40). The first-order valence-corrected chi connectivity index (χ1v) is 13.3. The second-order valence-electron chi connectivity index (χ2n) is 10.1. The minimum Gasteiger partial charge on any atom is -0.454 e. The molecule has 2 aromatic carbocycles. The number of benzene rings is 2. The van der Waals surface area contributed by atoms with Crippen LogP contribution in [0.1, 0.15) is 24.6 Å². The third kappa shape index (κ3) is 5.76. The molecule has 4 heterocycles. The van der Waals surface area contributed by atoms with Gasteiger partial charge in [-0.15, -0.1) is 0 Å². The van der Waals surface area contributed by atoms with Crippen molar-refractivity contribution in [1.29, 1.82) is 0 Å². The predicted molar refractivity (Wildman–Crippen MR) is 150 cm³/mol. The van der Waals surface area contributed by atoms with E-state index in [1.54, 1.807) is 24.5 Å². The van der Waals surface area contributed by atoms with Crippen molar-refractivity contribution in [1.82, 2.24) is 25.6 Å². The number of aromatic amines is 1. The Morgan fingerprint density at radius 1 is 1.00 bits per heavy atom. The fourth-order valence-corrected chi connectivity index (χ4v) is 4.68. The average molecular weight is 562 g/mol. The van der Waals surface area contributed by atoms with Gasteiger partial charge in [0.15, 0.2) is 22.4 Å². The lowest BCUT2D eigenvalue weighted by Crippen LogP contribution is -2.47. The molecule has 206 valence electrons. The van der Waals surface area contributed by atoms with Crippen LogP contribution < -0.4 is 20.1 Å². The predicted octanol–water partition coefficient (Wildman–Crippen LogP) is 4.72. The maximum atomic E-state index is 13.6. The van der Waals surface area contributed by atoms with Crippen LogP contribution in [-0.2, 0) is 16.0 Å². The number of ether oxygens (including phenoxy) is 4. The first-order chi connectivity index (χ1) is 19.5. The first-order valence-electron chi connectivity index (χ1n) is 12.9. The summed E-state index contributed by atoms with van der Waals surface area (Å²) in [5.41, 5.74) is 3.88. The number of hydrogen-bond acceptors (Lipinski definition) is 7. The first kappa shape index (κ1) is 26.2. The van der Waals surface area contributed by atoms with Gasteiger partial charge in [0, 0.05) is 42.0 Å². The third-order valence-corrected chi connectivity index (χ3v) is 7.05. The highest BCUT2D eigenvalue weighted by molar-refractivity contribution is 7.80.